The van der Waals surface area contributed by atoms with Crippen LogP contribution in [0.4, 0.5) is 5.82 Å². The molecule has 0 fully saturated rings. The lowest BCUT2D eigenvalue weighted by Crippen LogP contribution is -2.24. The van der Waals surface area contributed by atoms with Crippen molar-refractivity contribution < 1.29 is 18.9 Å². The Kier molecular flexibility index (Phi) is 5.20. The Morgan fingerprint density at radius 2 is 2.00 bits per heavy atom. The summed E-state index contributed by atoms with van der Waals surface area (Å²) in [6.07, 6.45) is 0. The molecule has 0 atom stereocenters. The minimum Gasteiger partial charge on any atom is -0.493 e. The molecule has 12 nitrogen and oxygen atoms in total. The van der Waals surface area contributed by atoms with Gasteiger partial charge < -0.3 is 15.2 Å². The molecule has 3 aromatic rings. The van der Waals surface area contributed by atoms with Crippen LogP contribution in [-0.4, -0.2) is 51.1 Å². The summed E-state index contributed by atoms with van der Waals surface area (Å²) in [7, 11) is 3.09. The Hall–Kier alpha value is -3.96. The fourth-order valence-corrected chi connectivity index (χ4v) is 2.42. The molecule has 12 heteroatoms. The van der Waals surface area contributed by atoms with Crippen molar-refractivity contribution >= 4 is 17.4 Å². The van der Waals surface area contributed by atoms with Crippen LogP contribution in [-0.2, 0) is 0 Å². The van der Waals surface area contributed by atoms with Crippen molar-refractivity contribution in [1.82, 2.24) is 30.7 Å². The number of aryl methyl sites for hydroxylation is 1. The van der Waals surface area contributed by atoms with E-state index in [0.717, 1.165) is 10.2 Å². The van der Waals surface area contributed by atoms with E-state index in [1.807, 2.05) is 0 Å². The lowest BCUT2D eigenvalue weighted by Gasteiger charge is -2.09. The number of hydrogen-bond acceptors (Lipinski definition) is 10. The third-order valence-corrected chi connectivity index (χ3v) is 3.88. The summed E-state index contributed by atoms with van der Waals surface area (Å²) >= 11 is 0. The maximum Gasteiger partial charge on any atom is 0.292 e. The van der Waals surface area contributed by atoms with Gasteiger partial charge in [0.2, 0.25) is 11.6 Å². The lowest BCUT2D eigenvalue weighted by atomic mass is 10.1. The first-order valence-electron chi connectivity index (χ1n) is 8.04. The van der Waals surface area contributed by atoms with Gasteiger partial charge in [-0.15, -0.1) is 5.10 Å². The van der Waals surface area contributed by atoms with Crippen molar-refractivity contribution in [3.05, 3.63) is 35.2 Å². The number of benzene rings is 1. The summed E-state index contributed by atoms with van der Waals surface area (Å²) in [6, 6.07) is 5.30. The smallest absolute Gasteiger partial charge is 0.292 e. The third-order valence-electron chi connectivity index (χ3n) is 3.88. The number of nitrogens with two attached hydrogens (primary N) is 1. The molecule has 1 amide bonds. The summed E-state index contributed by atoms with van der Waals surface area (Å²) in [5.74, 6) is 0.625. The first kappa shape index (κ1) is 18.8. The minimum atomic E-state index is -0.551. The van der Waals surface area contributed by atoms with Gasteiger partial charge in [-0.25, -0.2) is 10.1 Å². The summed E-state index contributed by atoms with van der Waals surface area (Å²) in [5, 5.41) is 18.9. The molecule has 0 aliphatic carbocycles. The van der Waals surface area contributed by atoms with Gasteiger partial charge in [-0.2, -0.15) is 9.78 Å². The second-order valence-electron chi connectivity index (χ2n) is 5.62. The van der Waals surface area contributed by atoms with Crippen LogP contribution in [0, 0.1) is 6.92 Å². The van der Waals surface area contributed by atoms with E-state index in [1.54, 1.807) is 39.2 Å². The zero-order valence-electron chi connectivity index (χ0n) is 15.6. The van der Waals surface area contributed by atoms with Gasteiger partial charge in [0, 0.05) is 5.56 Å². The van der Waals surface area contributed by atoms with E-state index >= 15 is 0 Å². The van der Waals surface area contributed by atoms with Gasteiger partial charge in [-0.1, -0.05) is 5.21 Å². The standard InChI is InChI=1S/C16H18N8O4/c1-8(10-5-6-11(26-3)12(7-10)27-4)18-20-16(25)13-9(2)19-23-24(13)15-14(17)21-28-22-15/h5-7H,1-4H3,(H2,17,21)(H,20,25)/b18-8-. The van der Waals surface area contributed by atoms with E-state index in [1.165, 1.54) is 7.11 Å². The van der Waals surface area contributed by atoms with Gasteiger partial charge in [-0.05, 0) is 42.4 Å². The number of rotatable bonds is 6. The maximum atomic E-state index is 12.6. The fourth-order valence-electron chi connectivity index (χ4n) is 2.42. The molecule has 3 N–H and O–H groups in total. The van der Waals surface area contributed by atoms with Gasteiger partial charge in [-0.3, -0.25) is 4.79 Å². The van der Waals surface area contributed by atoms with Crippen LogP contribution >= 0.6 is 0 Å². The Balaban J connectivity index is 1.85. The van der Waals surface area contributed by atoms with E-state index in [0.29, 0.717) is 22.9 Å². The highest BCUT2D eigenvalue weighted by atomic mass is 16.6. The van der Waals surface area contributed by atoms with E-state index < -0.39 is 5.91 Å². The summed E-state index contributed by atoms with van der Waals surface area (Å²) < 4.78 is 16.2. The van der Waals surface area contributed by atoms with Crippen LogP contribution in [0.5, 0.6) is 11.5 Å². The van der Waals surface area contributed by atoms with Gasteiger partial charge in [0.1, 0.15) is 0 Å². The monoisotopic (exact) mass is 386 g/mol. The van der Waals surface area contributed by atoms with Crippen LogP contribution in [0.1, 0.15) is 28.7 Å². The number of nitrogens with zero attached hydrogens (tertiary/aromatic N) is 6. The van der Waals surface area contributed by atoms with Gasteiger partial charge in [0.15, 0.2) is 17.2 Å². The number of hydrazone groups is 1. The number of methoxy groups -OCH3 is 2. The van der Waals surface area contributed by atoms with Gasteiger partial charge in [0.05, 0.1) is 25.6 Å². The molecule has 3 rings (SSSR count). The lowest BCUT2D eigenvalue weighted by molar-refractivity contribution is 0.0946. The highest BCUT2D eigenvalue weighted by Crippen LogP contribution is 2.27. The first-order valence-corrected chi connectivity index (χ1v) is 8.04. The predicted octanol–water partition coefficient (Wildman–Crippen LogP) is 0.712. The third kappa shape index (κ3) is 3.47. The predicted molar refractivity (Wildman–Crippen MR) is 97.6 cm³/mol. The largest absolute Gasteiger partial charge is 0.493 e. The van der Waals surface area contributed by atoms with Crippen molar-refractivity contribution in [3.8, 4) is 17.3 Å². The summed E-state index contributed by atoms with van der Waals surface area (Å²) in [6.45, 7) is 3.36. The highest BCUT2D eigenvalue weighted by molar-refractivity contribution is 6.01. The molecule has 2 aromatic heterocycles. The average Bonchev–Trinajstić information content (AvgIpc) is 3.30. The molecule has 146 valence electrons. The van der Waals surface area contributed by atoms with Gasteiger partial charge in [0.25, 0.3) is 5.91 Å². The van der Waals surface area contributed by atoms with Crippen LogP contribution < -0.4 is 20.6 Å². The minimum absolute atomic E-state index is 0.0241. The zero-order valence-corrected chi connectivity index (χ0v) is 15.6. The first-order chi connectivity index (χ1) is 13.5. The van der Waals surface area contributed by atoms with Crippen LogP contribution in [0.15, 0.2) is 27.9 Å². The van der Waals surface area contributed by atoms with Crippen LogP contribution in [0.25, 0.3) is 5.82 Å². The highest BCUT2D eigenvalue weighted by Gasteiger charge is 2.23. The van der Waals surface area contributed by atoms with E-state index in [2.05, 4.69) is 35.8 Å². The fraction of sp³-hybridized carbons (Fsp3) is 0.250. The quantitative estimate of drug-likeness (QED) is 0.460. The maximum absolute atomic E-state index is 12.6. The molecule has 28 heavy (non-hydrogen) atoms. The molecular formula is C16H18N8O4. The number of aromatic nitrogens is 5. The normalized spacial score (nSPS) is 11.4. The molecule has 0 aliphatic rings. The SMILES string of the molecule is COc1ccc(/C(C)=N\NC(=O)c2c(C)nnn2-c2nonc2N)cc1OC. The molecule has 0 aliphatic heterocycles. The second-order valence-corrected chi connectivity index (χ2v) is 5.62. The molecule has 0 bridgehead atoms. The second kappa shape index (κ2) is 7.73. The van der Waals surface area contributed by atoms with Crippen molar-refractivity contribution in [2.45, 2.75) is 13.8 Å². The number of nitrogen functional groups attached to an aromatic ring is 1. The summed E-state index contributed by atoms with van der Waals surface area (Å²) in [5.41, 5.74) is 9.89. The Morgan fingerprint density at radius 3 is 2.64 bits per heavy atom. The van der Waals surface area contributed by atoms with E-state index in [4.69, 9.17) is 15.2 Å². The molecule has 0 saturated carbocycles. The van der Waals surface area contributed by atoms with Gasteiger partial charge >= 0.3 is 0 Å². The Morgan fingerprint density at radius 1 is 1.25 bits per heavy atom. The molecule has 0 unspecified atom stereocenters. The number of amides is 1. The molecule has 1 aromatic carbocycles. The van der Waals surface area contributed by atoms with Crippen LogP contribution in [0.3, 0.4) is 0 Å². The van der Waals surface area contributed by atoms with E-state index in [9.17, 15) is 4.79 Å². The number of hydrogen-bond donors (Lipinski definition) is 2. The van der Waals surface area contributed by atoms with Crippen molar-refractivity contribution in [2.24, 2.45) is 5.10 Å². The molecule has 2 heterocycles. The zero-order chi connectivity index (χ0) is 20.3. The topological polar surface area (TPSA) is 156 Å². The molecule has 0 saturated heterocycles. The number of carbonyl (C=O) groups excluding carboxylic acids is 1. The van der Waals surface area contributed by atoms with Crippen LogP contribution in [0.2, 0.25) is 0 Å². The van der Waals surface area contributed by atoms with Crippen molar-refractivity contribution in [1.29, 1.82) is 0 Å². The summed E-state index contributed by atoms with van der Waals surface area (Å²) in [4.78, 5) is 12.6. The number of carbonyl (C=O) groups is 1. The number of ether oxygens (including phenoxy) is 2. The van der Waals surface area contributed by atoms with Crippen molar-refractivity contribution in [2.75, 3.05) is 20.0 Å². The number of anilines is 1. The molecular weight excluding hydrogens is 368 g/mol. The van der Waals surface area contributed by atoms with E-state index in [-0.39, 0.29) is 17.3 Å². The molecule has 0 spiro atoms. The Bertz CT molecular complexity index is 1040. The molecule has 0 radical (unpaired) electrons. The average molecular weight is 386 g/mol. The van der Waals surface area contributed by atoms with Crippen molar-refractivity contribution in [3.63, 3.8) is 0 Å². The number of nitrogens with one attached hydrogen (secondary N) is 1. The Labute approximate surface area is 159 Å².